The molecule has 0 saturated carbocycles. The summed E-state index contributed by atoms with van der Waals surface area (Å²) in [7, 11) is 0. The minimum atomic E-state index is -0.351. The molecule has 2 heteroatoms. The second-order valence-corrected chi connectivity index (χ2v) is 3.31. The van der Waals surface area contributed by atoms with E-state index in [0.717, 1.165) is 18.7 Å². The molecule has 0 bridgehead atoms. The highest BCUT2D eigenvalue weighted by molar-refractivity contribution is 5.35. The Labute approximate surface area is 72.2 Å². The average molecular weight is 163 g/mol. The first-order valence-corrected chi connectivity index (χ1v) is 4.28. The Morgan fingerprint density at radius 3 is 2.83 bits per heavy atom. The van der Waals surface area contributed by atoms with E-state index < -0.39 is 0 Å². The highest BCUT2D eigenvalue weighted by Crippen LogP contribution is 2.20. The quantitative estimate of drug-likeness (QED) is 0.655. The lowest BCUT2D eigenvalue weighted by Crippen LogP contribution is -1.99. The molecule has 1 aromatic carbocycles. The van der Waals surface area contributed by atoms with Crippen LogP contribution in [0, 0.1) is 0 Å². The van der Waals surface area contributed by atoms with Crippen molar-refractivity contribution in [2.75, 3.05) is 0 Å². The minimum Gasteiger partial charge on any atom is -0.389 e. The predicted molar refractivity (Wildman–Crippen MR) is 47.6 cm³/mol. The third-order valence-corrected chi connectivity index (χ3v) is 2.34. The summed E-state index contributed by atoms with van der Waals surface area (Å²) in [5.74, 6) is 0. The molecular weight excluding hydrogens is 150 g/mol. The van der Waals surface area contributed by atoms with Gasteiger partial charge < -0.3 is 10.4 Å². The van der Waals surface area contributed by atoms with Crippen LogP contribution >= 0.6 is 0 Å². The van der Waals surface area contributed by atoms with E-state index in [4.69, 9.17) is 0 Å². The highest BCUT2D eigenvalue weighted by Gasteiger charge is 2.11. The second-order valence-electron chi connectivity index (χ2n) is 3.31. The van der Waals surface area contributed by atoms with Crippen molar-refractivity contribution in [3.8, 4) is 0 Å². The molecule has 2 N–H and O–H groups in total. The maximum atomic E-state index is 9.33. The maximum absolute atomic E-state index is 9.33. The zero-order chi connectivity index (χ0) is 8.55. The lowest BCUT2D eigenvalue weighted by Gasteiger charge is -2.06. The van der Waals surface area contributed by atoms with Gasteiger partial charge in [-0.1, -0.05) is 18.2 Å². The zero-order valence-electron chi connectivity index (χ0n) is 7.17. The number of hydrogen-bond acceptors (Lipinski definition) is 2. The van der Waals surface area contributed by atoms with Crippen molar-refractivity contribution >= 4 is 0 Å². The summed E-state index contributed by atoms with van der Waals surface area (Å²) in [6.07, 6.45) is -0.351. The summed E-state index contributed by atoms with van der Waals surface area (Å²) in [5, 5.41) is 12.6. The Hall–Kier alpha value is -0.860. The summed E-state index contributed by atoms with van der Waals surface area (Å²) < 4.78 is 0. The van der Waals surface area contributed by atoms with E-state index >= 15 is 0 Å². The van der Waals surface area contributed by atoms with Gasteiger partial charge in [0.15, 0.2) is 0 Å². The van der Waals surface area contributed by atoms with Gasteiger partial charge in [-0.15, -0.1) is 0 Å². The Bertz CT molecular complexity index is 294. The Balaban J connectivity index is 2.39. The first kappa shape index (κ1) is 7.77. The Morgan fingerprint density at radius 2 is 2.08 bits per heavy atom. The molecule has 1 aliphatic rings. The van der Waals surface area contributed by atoms with Gasteiger partial charge in [-0.2, -0.15) is 0 Å². The molecule has 12 heavy (non-hydrogen) atoms. The number of fused-ring (bicyclic) bond motifs is 1. The molecule has 0 aromatic heterocycles. The molecule has 1 atom stereocenters. The molecule has 0 aliphatic carbocycles. The number of hydrogen-bond donors (Lipinski definition) is 2. The molecule has 0 spiro atoms. The van der Waals surface area contributed by atoms with Crippen molar-refractivity contribution in [3.63, 3.8) is 0 Å². The predicted octanol–water partition coefficient (Wildman–Crippen LogP) is 1.34. The summed E-state index contributed by atoms with van der Waals surface area (Å²) in [6, 6.07) is 6.17. The van der Waals surface area contributed by atoms with Gasteiger partial charge in [-0.3, -0.25) is 0 Å². The number of aliphatic hydroxyl groups is 1. The van der Waals surface area contributed by atoms with Crippen LogP contribution in [0.5, 0.6) is 0 Å². The van der Waals surface area contributed by atoms with E-state index in [9.17, 15) is 5.11 Å². The largest absolute Gasteiger partial charge is 0.389 e. The van der Waals surface area contributed by atoms with E-state index in [1.165, 1.54) is 11.1 Å². The van der Waals surface area contributed by atoms with Crippen molar-refractivity contribution in [1.82, 2.24) is 5.32 Å². The average Bonchev–Trinajstić information content (AvgIpc) is 2.49. The third-order valence-electron chi connectivity index (χ3n) is 2.34. The van der Waals surface area contributed by atoms with E-state index in [0.29, 0.717) is 0 Å². The van der Waals surface area contributed by atoms with Crippen molar-refractivity contribution in [3.05, 3.63) is 34.9 Å². The Kier molecular flexibility index (Phi) is 1.87. The normalized spacial score (nSPS) is 17.5. The molecule has 0 saturated heterocycles. The smallest absolute Gasteiger partial charge is 0.0762 e. The van der Waals surface area contributed by atoms with Crippen LogP contribution in [-0.4, -0.2) is 5.11 Å². The second kappa shape index (κ2) is 2.88. The fourth-order valence-corrected chi connectivity index (χ4v) is 1.57. The number of nitrogens with one attached hydrogen (secondary N) is 1. The van der Waals surface area contributed by atoms with Crippen molar-refractivity contribution in [2.45, 2.75) is 26.1 Å². The molecule has 1 unspecified atom stereocenters. The van der Waals surface area contributed by atoms with E-state index in [1.54, 1.807) is 6.92 Å². The zero-order valence-corrected chi connectivity index (χ0v) is 7.17. The monoisotopic (exact) mass is 163 g/mol. The molecule has 2 nitrogen and oxygen atoms in total. The van der Waals surface area contributed by atoms with Crippen LogP contribution in [0.15, 0.2) is 18.2 Å². The molecule has 0 radical (unpaired) electrons. The van der Waals surface area contributed by atoms with Crippen molar-refractivity contribution < 1.29 is 5.11 Å². The lowest BCUT2D eigenvalue weighted by atomic mass is 10.0. The molecular formula is C10H13NO. The maximum Gasteiger partial charge on any atom is 0.0762 e. The van der Waals surface area contributed by atoms with E-state index in [-0.39, 0.29) is 6.10 Å². The minimum absolute atomic E-state index is 0.351. The van der Waals surface area contributed by atoms with Gasteiger partial charge in [-0.05, 0) is 23.6 Å². The molecule has 1 aromatic rings. The van der Waals surface area contributed by atoms with Crippen LogP contribution in [-0.2, 0) is 13.1 Å². The Morgan fingerprint density at radius 1 is 1.33 bits per heavy atom. The van der Waals surface area contributed by atoms with Gasteiger partial charge in [0.25, 0.3) is 0 Å². The van der Waals surface area contributed by atoms with Gasteiger partial charge in [0.2, 0.25) is 0 Å². The van der Waals surface area contributed by atoms with Gasteiger partial charge in [0.1, 0.15) is 0 Å². The highest BCUT2D eigenvalue weighted by atomic mass is 16.3. The standard InChI is InChI=1S/C10H13NO/c1-7(12)8-2-3-9-5-11-6-10(9)4-8/h2-4,7,11-12H,5-6H2,1H3. The fraction of sp³-hybridized carbons (Fsp3) is 0.400. The lowest BCUT2D eigenvalue weighted by molar-refractivity contribution is 0.199. The number of benzene rings is 1. The summed E-state index contributed by atoms with van der Waals surface area (Å²) in [5.41, 5.74) is 3.70. The first-order chi connectivity index (χ1) is 5.77. The molecule has 1 aliphatic heterocycles. The number of rotatable bonds is 1. The van der Waals surface area contributed by atoms with Crippen molar-refractivity contribution in [2.24, 2.45) is 0 Å². The van der Waals surface area contributed by atoms with Gasteiger partial charge >= 0.3 is 0 Å². The molecule has 0 fully saturated rings. The van der Waals surface area contributed by atoms with Crippen LogP contribution in [0.4, 0.5) is 0 Å². The molecule has 64 valence electrons. The van der Waals surface area contributed by atoms with E-state index in [2.05, 4.69) is 17.4 Å². The van der Waals surface area contributed by atoms with Crippen LogP contribution in [0.2, 0.25) is 0 Å². The molecule has 1 heterocycles. The van der Waals surface area contributed by atoms with Crippen LogP contribution in [0.25, 0.3) is 0 Å². The fourth-order valence-electron chi connectivity index (χ4n) is 1.57. The van der Waals surface area contributed by atoms with Crippen LogP contribution in [0.1, 0.15) is 29.7 Å². The summed E-state index contributed by atoms with van der Waals surface area (Å²) >= 11 is 0. The summed E-state index contributed by atoms with van der Waals surface area (Å²) in [4.78, 5) is 0. The third kappa shape index (κ3) is 1.24. The topological polar surface area (TPSA) is 32.3 Å². The SMILES string of the molecule is CC(O)c1ccc2c(c1)CNC2. The summed E-state index contributed by atoms with van der Waals surface area (Å²) in [6.45, 7) is 3.70. The van der Waals surface area contributed by atoms with E-state index in [1.807, 2.05) is 6.07 Å². The van der Waals surface area contributed by atoms with Gasteiger partial charge in [0.05, 0.1) is 6.10 Å². The van der Waals surface area contributed by atoms with Gasteiger partial charge in [0, 0.05) is 13.1 Å². The number of aliphatic hydroxyl groups excluding tert-OH is 1. The van der Waals surface area contributed by atoms with Crippen LogP contribution in [0.3, 0.4) is 0 Å². The first-order valence-electron chi connectivity index (χ1n) is 4.28. The molecule has 0 amide bonds. The van der Waals surface area contributed by atoms with Crippen molar-refractivity contribution in [1.29, 1.82) is 0 Å². The molecule has 2 rings (SSSR count). The van der Waals surface area contributed by atoms with Gasteiger partial charge in [-0.25, -0.2) is 0 Å². The van der Waals surface area contributed by atoms with Crippen LogP contribution < -0.4 is 5.32 Å².